The van der Waals surface area contributed by atoms with Crippen molar-refractivity contribution in [3.8, 4) is 6.07 Å². The summed E-state index contributed by atoms with van der Waals surface area (Å²) in [5.74, 6) is 0.587. The zero-order chi connectivity index (χ0) is 11.5. The maximum absolute atomic E-state index is 13.6. The summed E-state index contributed by atoms with van der Waals surface area (Å²) in [7, 11) is 0. The van der Waals surface area contributed by atoms with Crippen LogP contribution in [0.1, 0.15) is 31.9 Å². The first-order chi connectivity index (χ1) is 6.95. The third-order valence-corrected chi connectivity index (χ3v) is 2.35. The van der Waals surface area contributed by atoms with Crippen molar-refractivity contribution >= 4 is 0 Å². The normalized spacial score (nSPS) is 14.7. The summed E-state index contributed by atoms with van der Waals surface area (Å²) in [4.78, 5) is 0. The summed E-state index contributed by atoms with van der Waals surface area (Å²) in [6, 6.07) is 8.83. The van der Waals surface area contributed by atoms with E-state index in [1.165, 1.54) is 12.5 Å². The molecule has 80 valence electrons. The van der Waals surface area contributed by atoms with Crippen LogP contribution in [-0.4, -0.2) is 0 Å². The highest BCUT2D eigenvalue weighted by Gasteiger charge is 2.24. The van der Waals surface area contributed by atoms with E-state index in [1.807, 2.05) is 12.1 Å². The summed E-state index contributed by atoms with van der Waals surface area (Å²) in [6.45, 7) is 5.56. The van der Waals surface area contributed by atoms with E-state index in [0.29, 0.717) is 11.5 Å². The minimum Gasteiger partial charge on any atom is -0.222 e. The monoisotopic (exact) mass is 205 g/mol. The molecule has 0 heterocycles. The van der Waals surface area contributed by atoms with Gasteiger partial charge in [-0.15, -0.1) is 0 Å². The predicted molar refractivity (Wildman–Crippen MR) is 59.1 cm³/mol. The Morgan fingerprint density at radius 3 is 2.27 bits per heavy atom. The minimum atomic E-state index is -1.88. The zero-order valence-corrected chi connectivity index (χ0v) is 9.42. The number of hydrogen-bond acceptors (Lipinski definition) is 1. The molecular weight excluding hydrogens is 189 g/mol. The summed E-state index contributed by atoms with van der Waals surface area (Å²) >= 11 is 0. The van der Waals surface area contributed by atoms with Gasteiger partial charge in [0.1, 0.15) is 6.07 Å². The molecule has 1 atom stereocenters. The second-order valence-corrected chi connectivity index (χ2v) is 4.41. The SMILES string of the molecule is CC(C)Cc1ccc([C@@](C)(F)C#N)cc1. The number of nitrogens with zero attached hydrogens (tertiary/aromatic N) is 1. The van der Waals surface area contributed by atoms with Crippen LogP contribution in [0, 0.1) is 17.2 Å². The average molecular weight is 205 g/mol. The molecule has 0 unspecified atom stereocenters. The number of alkyl halides is 1. The van der Waals surface area contributed by atoms with Crippen LogP contribution in [0.25, 0.3) is 0 Å². The van der Waals surface area contributed by atoms with Crippen molar-refractivity contribution in [1.82, 2.24) is 0 Å². The van der Waals surface area contributed by atoms with E-state index in [9.17, 15) is 4.39 Å². The standard InChI is InChI=1S/C13H16FN/c1-10(2)8-11-4-6-12(7-5-11)13(3,14)9-15/h4-7,10H,8H2,1-3H3/t13-/m0/s1. The van der Waals surface area contributed by atoms with Gasteiger partial charge in [-0.3, -0.25) is 0 Å². The molecule has 0 bridgehead atoms. The van der Waals surface area contributed by atoms with Gasteiger partial charge in [0.2, 0.25) is 5.67 Å². The lowest BCUT2D eigenvalue weighted by atomic mass is 9.96. The lowest BCUT2D eigenvalue weighted by molar-refractivity contribution is 0.274. The summed E-state index contributed by atoms with van der Waals surface area (Å²) < 4.78 is 13.6. The fourth-order valence-corrected chi connectivity index (χ4v) is 1.49. The molecule has 15 heavy (non-hydrogen) atoms. The fourth-order valence-electron chi connectivity index (χ4n) is 1.49. The molecule has 1 aromatic carbocycles. The predicted octanol–water partition coefficient (Wildman–Crippen LogP) is 3.59. The largest absolute Gasteiger partial charge is 0.222 e. The highest BCUT2D eigenvalue weighted by molar-refractivity contribution is 5.31. The molecule has 0 spiro atoms. The van der Waals surface area contributed by atoms with Crippen molar-refractivity contribution in [2.75, 3.05) is 0 Å². The van der Waals surface area contributed by atoms with E-state index in [-0.39, 0.29) is 0 Å². The van der Waals surface area contributed by atoms with Crippen molar-refractivity contribution in [1.29, 1.82) is 5.26 Å². The fraction of sp³-hybridized carbons (Fsp3) is 0.462. The lowest BCUT2D eigenvalue weighted by Gasteiger charge is -2.12. The van der Waals surface area contributed by atoms with E-state index >= 15 is 0 Å². The highest BCUT2D eigenvalue weighted by Crippen LogP contribution is 2.24. The quantitative estimate of drug-likeness (QED) is 0.739. The van der Waals surface area contributed by atoms with Crippen LogP contribution in [0.4, 0.5) is 4.39 Å². The van der Waals surface area contributed by atoms with Crippen molar-refractivity contribution in [3.63, 3.8) is 0 Å². The van der Waals surface area contributed by atoms with Gasteiger partial charge in [0, 0.05) is 5.56 Å². The Labute approximate surface area is 90.5 Å². The average Bonchev–Trinajstić information content (AvgIpc) is 2.18. The summed E-state index contributed by atoms with van der Waals surface area (Å²) in [5.41, 5.74) is -0.268. The molecule has 1 nitrogen and oxygen atoms in total. The molecule has 0 N–H and O–H groups in total. The first-order valence-electron chi connectivity index (χ1n) is 5.15. The van der Waals surface area contributed by atoms with Gasteiger partial charge < -0.3 is 0 Å². The molecule has 0 aliphatic rings. The van der Waals surface area contributed by atoms with Crippen molar-refractivity contribution < 1.29 is 4.39 Å². The number of rotatable bonds is 3. The molecule has 0 aliphatic carbocycles. The van der Waals surface area contributed by atoms with Gasteiger partial charge in [0.15, 0.2) is 0 Å². The number of nitriles is 1. The molecule has 0 saturated carbocycles. The van der Waals surface area contributed by atoms with Crippen LogP contribution in [0.5, 0.6) is 0 Å². The van der Waals surface area contributed by atoms with Crippen molar-refractivity contribution in [3.05, 3.63) is 35.4 Å². The lowest BCUT2D eigenvalue weighted by Crippen LogP contribution is -2.11. The summed E-state index contributed by atoms with van der Waals surface area (Å²) in [5, 5.41) is 8.64. The smallest absolute Gasteiger partial charge is 0.218 e. The van der Waals surface area contributed by atoms with E-state index < -0.39 is 5.67 Å². The molecule has 0 aliphatic heterocycles. The van der Waals surface area contributed by atoms with Gasteiger partial charge >= 0.3 is 0 Å². The Kier molecular flexibility index (Phi) is 3.47. The maximum Gasteiger partial charge on any atom is 0.218 e. The van der Waals surface area contributed by atoms with Gasteiger partial charge in [-0.05, 0) is 24.8 Å². The Bertz CT molecular complexity index is 357. The first-order valence-corrected chi connectivity index (χ1v) is 5.15. The van der Waals surface area contributed by atoms with E-state index in [1.54, 1.807) is 18.2 Å². The highest BCUT2D eigenvalue weighted by atomic mass is 19.1. The van der Waals surface area contributed by atoms with Crippen molar-refractivity contribution in [2.24, 2.45) is 5.92 Å². The molecule has 0 fully saturated rings. The van der Waals surface area contributed by atoms with Gasteiger partial charge in [-0.1, -0.05) is 38.1 Å². The molecule has 0 amide bonds. The van der Waals surface area contributed by atoms with Crippen LogP contribution in [-0.2, 0) is 12.1 Å². The Hall–Kier alpha value is -1.36. The molecule has 1 rings (SSSR count). The number of benzene rings is 1. The van der Waals surface area contributed by atoms with Crippen LogP contribution >= 0.6 is 0 Å². The molecule has 2 heteroatoms. The molecule has 0 radical (unpaired) electrons. The molecular formula is C13H16FN. The van der Waals surface area contributed by atoms with Crippen LogP contribution in [0.3, 0.4) is 0 Å². The first kappa shape index (κ1) is 11.7. The van der Waals surface area contributed by atoms with E-state index in [2.05, 4.69) is 13.8 Å². The topological polar surface area (TPSA) is 23.8 Å². The number of hydrogen-bond donors (Lipinski definition) is 0. The third kappa shape index (κ3) is 3.06. The van der Waals surface area contributed by atoms with E-state index in [0.717, 1.165) is 6.42 Å². The van der Waals surface area contributed by atoms with Gasteiger partial charge in [0.05, 0.1) is 0 Å². The molecule has 1 aromatic rings. The zero-order valence-electron chi connectivity index (χ0n) is 9.42. The molecule has 0 saturated heterocycles. The van der Waals surface area contributed by atoms with Crippen LogP contribution in [0.2, 0.25) is 0 Å². The maximum atomic E-state index is 13.6. The second kappa shape index (κ2) is 4.44. The Morgan fingerprint density at radius 1 is 1.33 bits per heavy atom. The van der Waals surface area contributed by atoms with Crippen LogP contribution < -0.4 is 0 Å². The third-order valence-electron chi connectivity index (χ3n) is 2.35. The summed E-state index contributed by atoms with van der Waals surface area (Å²) in [6.07, 6.45) is 0.982. The van der Waals surface area contributed by atoms with E-state index in [4.69, 9.17) is 5.26 Å². The van der Waals surface area contributed by atoms with Crippen LogP contribution in [0.15, 0.2) is 24.3 Å². The van der Waals surface area contributed by atoms with Gasteiger partial charge in [-0.2, -0.15) is 5.26 Å². The Balaban J connectivity index is 2.87. The minimum absolute atomic E-state index is 0.428. The van der Waals surface area contributed by atoms with Gasteiger partial charge in [-0.25, -0.2) is 4.39 Å². The van der Waals surface area contributed by atoms with Gasteiger partial charge in [0.25, 0.3) is 0 Å². The van der Waals surface area contributed by atoms with Crippen molar-refractivity contribution in [2.45, 2.75) is 32.9 Å². The second-order valence-electron chi connectivity index (χ2n) is 4.41. The number of halogens is 1. The Morgan fingerprint density at radius 2 is 1.87 bits per heavy atom. The molecule has 0 aromatic heterocycles.